The molecule has 5 rings (SSSR count). The summed E-state index contributed by atoms with van der Waals surface area (Å²) < 4.78 is 10.8. The fourth-order valence-electron chi connectivity index (χ4n) is 4.36. The van der Waals surface area contributed by atoms with Crippen molar-refractivity contribution in [2.24, 2.45) is 0 Å². The Labute approximate surface area is 184 Å². The number of rotatable bonds is 6. The smallest absolute Gasteiger partial charge is 0.288 e. The van der Waals surface area contributed by atoms with E-state index in [9.17, 15) is 25.5 Å². The lowest BCUT2D eigenvalue weighted by atomic mass is 9.95. The van der Waals surface area contributed by atoms with Gasteiger partial charge in [-0.15, -0.1) is 0 Å². The molecule has 1 saturated heterocycles. The zero-order valence-corrected chi connectivity index (χ0v) is 17.4. The van der Waals surface area contributed by atoms with Gasteiger partial charge in [0.05, 0.1) is 6.61 Å². The third-order valence-corrected chi connectivity index (χ3v) is 6.41. The molecular weight excluding hydrogens is 414 g/mol. The first-order valence-electron chi connectivity index (χ1n) is 10.8. The van der Waals surface area contributed by atoms with Crippen LogP contribution in [-0.4, -0.2) is 67.5 Å². The molecule has 1 aliphatic heterocycles. The molecule has 2 fully saturated rings. The minimum absolute atomic E-state index is 0.215. The van der Waals surface area contributed by atoms with Crippen LogP contribution in [0.2, 0.25) is 0 Å². The van der Waals surface area contributed by atoms with Crippen molar-refractivity contribution in [3.05, 3.63) is 65.4 Å². The lowest BCUT2D eigenvalue weighted by Gasteiger charge is -2.45. The quantitative estimate of drug-likeness (QED) is 0.316. The van der Waals surface area contributed by atoms with Gasteiger partial charge in [0.1, 0.15) is 18.0 Å². The number of aromatic amines is 1. The van der Waals surface area contributed by atoms with Gasteiger partial charge in [-0.1, -0.05) is 30.3 Å². The number of aromatic nitrogens is 1. The lowest BCUT2D eigenvalue weighted by Crippen LogP contribution is -2.69. The fraction of sp³-hybridized carbons (Fsp3) is 0.417. The van der Waals surface area contributed by atoms with Crippen LogP contribution in [0.1, 0.15) is 35.4 Å². The highest BCUT2D eigenvalue weighted by atomic mass is 16.7. The van der Waals surface area contributed by atoms with E-state index in [4.69, 9.17) is 9.47 Å². The van der Waals surface area contributed by atoms with Crippen LogP contribution in [0.4, 0.5) is 0 Å². The van der Waals surface area contributed by atoms with E-state index in [0.717, 1.165) is 16.6 Å². The SMILES string of the molecule is OC[C@H]1O[C@@H](O)[C@@](O)(Oc2cccc3[nH]cc(Cc4ccc(C5CC5)cc4)c23)[C@@H](O)[C@@H]1O. The largest absolute Gasteiger partial charge is 0.454 e. The maximum atomic E-state index is 10.9. The summed E-state index contributed by atoms with van der Waals surface area (Å²) in [6.07, 6.45) is -1.81. The fourth-order valence-corrected chi connectivity index (χ4v) is 4.36. The molecule has 1 saturated carbocycles. The van der Waals surface area contributed by atoms with Crippen LogP contribution in [0.3, 0.4) is 0 Å². The van der Waals surface area contributed by atoms with Crippen LogP contribution < -0.4 is 4.74 Å². The molecule has 2 aromatic carbocycles. The first-order valence-corrected chi connectivity index (χ1v) is 10.8. The molecule has 1 aromatic heterocycles. The molecule has 0 spiro atoms. The molecule has 2 aliphatic rings. The molecule has 5 atom stereocenters. The molecule has 0 bridgehead atoms. The number of nitrogens with one attached hydrogen (secondary N) is 1. The summed E-state index contributed by atoms with van der Waals surface area (Å²) in [7, 11) is 0. The van der Waals surface area contributed by atoms with Gasteiger partial charge in [0.25, 0.3) is 5.79 Å². The van der Waals surface area contributed by atoms with Gasteiger partial charge in [-0.3, -0.25) is 0 Å². The molecule has 1 aliphatic carbocycles. The minimum atomic E-state index is -2.63. The Morgan fingerprint density at radius 1 is 1.06 bits per heavy atom. The summed E-state index contributed by atoms with van der Waals surface area (Å²) in [5, 5.41) is 51.8. The van der Waals surface area contributed by atoms with E-state index in [0.29, 0.717) is 17.7 Å². The predicted molar refractivity (Wildman–Crippen MR) is 115 cm³/mol. The summed E-state index contributed by atoms with van der Waals surface area (Å²) >= 11 is 0. The molecule has 3 aromatic rings. The van der Waals surface area contributed by atoms with Gasteiger partial charge in [0.15, 0.2) is 6.10 Å². The molecule has 8 nitrogen and oxygen atoms in total. The molecule has 6 N–H and O–H groups in total. The number of H-pyrrole nitrogens is 1. The van der Waals surface area contributed by atoms with Gasteiger partial charge in [-0.2, -0.15) is 0 Å². The highest BCUT2D eigenvalue weighted by Crippen LogP contribution is 2.40. The van der Waals surface area contributed by atoms with Gasteiger partial charge in [-0.05, 0) is 54.0 Å². The second-order valence-corrected chi connectivity index (χ2v) is 8.68. The molecule has 32 heavy (non-hydrogen) atoms. The van der Waals surface area contributed by atoms with Crippen LogP contribution >= 0.6 is 0 Å². The molecule has 8 heteroatoms. The van der Waals surface area contributed by atoms with Crippen molar-refractivity contribution in [3.8, 4) is 5.75 Å². The van der Waals surface area contributed by atoms with Crippen molar-refractivity contribution in [1.82, 2.24) is 4.98 Å². The number of ether oxygens (including phenoxy) is 2. The standard InChI is InChI=1S/C24H27NO7/c26-12-19-21(27)22(28)24(30,23(29)31-19)32-18-3-1-2-17-20(18)16(11-25-17)10-13-4-6-14(7-5-13)15-8-9-15/h1-7,11,15,19,21-23,25-30H,8-10,12H2/t19-,21-,22+,23-,24+/m1/s1. The summed E-state index contributed by atoms with van der Waals surface area (Å²) in [5.41, 5.74) is 4.14. The first-order chi connectivity index (χ1) is 15.4. The van der Waals surface area contributed by atoms with E-state index in [2.05, 4.69) is 29.2 Å². The van der Waals surface area contributed by atoms with Gasteiger partial charge in [-0.25, -0.2) is 0 Å². The van der Waals surface area contributed by atoms with E-state index < -0.39 is 37.0 Å². The van der Waals surface area contributed by atoms with Crippen molar-refractivity contribution < 1.29 is 35.0 Å². The number of hydrogen-bond acceptors (Lipinski definition) is 7. The van der Waals surface area contributed by atoms with Gasteiger partial charge in [0, 0.05) is 17.1 Å². The average molecular weight is 441 g/mol. The van der Waals surface area contributed by atoms with E-state index in [1.54, 1.807) is 12.1 Å². The summed E-state index contributed by atoms with van der Waals surface area (Å²) in [5.74, 6) is -1.72. The molecule has 2 heterocycles. The van der Waals surface area contributed by atoms with E-state index in [-0.39, 0.29) is 5.75 Å². The Hall–Kier alpha value is -2.46. The Bertz CT molecular complexity index is 1090. The Morgan fingerprint density at radius 2 is 1.81 bits per heavy atom. The Morgan fingerprint density at radius 3 is 2.50 bits per heavy atom. The Balaban J connectivity index is 1.45. The summed E-state index contributed by atoms with van der Waals surface area (Å²) in [6.45, 7) is -0.636. The van der Waals surface area contributed by atoms with Crippen molar-refractivity contribution in [3.63, 3.8) is 0 Å². The second-order valence-electron chi connectivity index (χ2n) is 8.68. The maximum absolute atomic E-state index is 10.9. The number of benzene rings is 2. The summed E-state index contributed by atoms with van der Waals surface area (Å²) in [4.78, 5) is 3.19. The predicted octanol–water partition coefficient (Wildman–Crippen LogP) is 1.13. The normalized spacial score (nSPS) is 30.5. The second kappa shape index (κ2) is 8.15. The van der Waals surface area contributed by atoms with Crippen LogP contribution in [0.25, 0.3) is 10.9 Å². The minimum Gasteiger partial charge on any atom is -0.454 e. The number of hydrogen-bond donors (Lipinski definition) is 6. The van der Waals surface area contributed by atoms with Gasteiger partial charge >= 0.3 is 0 Å². The van der Waals surface area contributed by atoms with Crippen LogP contribution in [0, 0.1) is 0 Å². The Kier molecular flexibility index (Phi) is 5.45. The third kappa shape index (κ3) is 3.69. The highest BCUT2D eigenvalue weighted by molar-refractivity contribution is 5.89. The zero-order valence-electron chi connectivity index (χ0n) is 17.4. The van der Waals surface area contributed by atoms with Crippen molar-refractivity contribution in [2.75, 3.05) is 6.61 Å². The van der Waals surface area contributed by atoms with E-state index in [1.165, 1.54) is 18.4 Å². The van der Waals surface area contributed by atoms with Crippen LogP contribution in [0.15, 0.2) is 48.7 Å². The molecule has 0 amide bonds. The van der Waals surface area contributed by atoms with Crippen LogP contribution in [0.5, 0.6) is 5.75 Å². The maximum Gasteiger partial charge on any atom is 0.288 e. The number of aliphatic hydroxyl groups excluding tert-OH is 4. The zero-order chi connectivity index (χ0) is 22.5. The molecule has 0 unspecified atom stereocenters. The van der Waals surface area contributed by atoms with E-state index in [1.807, 2.05) is 12.3 Å². The molecule has 0 radical (unpaired) electrons. The first kappa shape index (κ1) is 21.4. The highest BCUT2D eigenvalue weighted by Gasteiger charge is 2.57. The molecular formula is C24H27NO7. The van der Waals surface area contributed by atoms with Crippen molar-refractivity contribution >= 4 is 10.9 Å². The lowest BCUT2D eigenvalue weighted by molar-refractivity contribution is -0.385. The van der Waals surface area contributed by atoms with Gasteiger partial charge < -0.3 is 40.0 Å². The monoisotopic (exact) mass is 441 g/mol. The van der Waals surface area contributed by atoms with Crippen molar-refractivity contribution in [1.29, 1.82) is 0 Å². The van der Waals surface area contributed by atoms with Gasteiger partial charge in [0.2, 0.25) is 6.29 Å². The number of fused-ring (bicyclic) bond motifs is 1. The average Bonchev–Trinajstić information content (AvgIpc) is 3.57. The molecule has 170 valence electrons. The topological polar surface area (TPSA) is 135 Å². The third-order valence-electron chi connectivity index (χ3n) is 6.41. The van der Waals surface area contributed by atoms with Crippen LogP contribution in [-0.2, 0) is 11.2 Å². The summed E-state index contributed by atoms with van der Waals surface area (Å²) in [6, 6.07) is 13.7. The van der Waals surface area contributed by atoms with E-state index >= 15 is 0 Å². The number of aliphatic hydroxyl groups is 5. The van der Waals surface area contributed by atoms with Crippen molar-refractivity contribution in [2.45, 2.75) is 55.6 Å².